The third-order valence-corrected chi connectivity index (χ3v) is 2.17. The SMILES string of the molecule is CC(C)(C)Nc1cnc2c(c1)CCN2. The smallest absolute Gasteiger partial charge is 0.129 e. The number of aromatic nitrogens is 1. The Morgan fingerprint density at radius 2 is 2.21 bits per heavy atom. The lowest BCUT2D eigenvalue weighted by Gasteiger charge is -2.22. The minimum absolute atomic E-state index is 0.0992. The summed E-state index contributed by atoms with van der Waals surface area (Å²) in [5.41, 5.74) is 2.53. The van der Waals surface area contributed by atoms with Crippen molar-refractivity contribution >= 4 is 11.5 Å². The molecule has 0 saturated heterocycles. The van der Waals surface area contributed by atoms with Crippen LogP contribution in [0.1, 0.15) is 26.3 Å². The van der Waals surface area contributed by atoms with Crippen LogP contribution in [0.25, 0.3) is 0 Å². The maximum absolute atomic E-state index is 4.37. The highest BCUT2D eigenvalue weighted by molar-refractivity contribution is 5.57. The molecule has 0 fully saturated rings. The fraction of sp³-hybridized carbons (Fsp3) is 0.545. The van der Waals surface area contributed by atoms with Gasteiger partial charge in [0.15, 0.2) is 0 Å². The molecule has 0 saturated carbocycles. The van der Waals surface area contributed by atoms with E-state index in [1.165, 1.54) is 5.56 Å². The van der Waals surface area contributed by atoms with Crippen molar-refractivity contribution in [1.82, 2.24) is 4.98 Å². The normalized spacial score (nSPS) is 14.8. The van der Waals surface area contributed by atoms with Crippen LogP contribution in [-0.4, -0.2) is 17.1 Å². The monoisotopic (exact) mass is 191 g/mol. The van der Waals surface area contributed by atoms with Gasteiger partial charge in [0.1, 0.15) is 5.82 Å². The molecule has 2 N–H and O–H groups in total. The van der Waals surface area contributed by atoms with Crippen molar-refractivity contribution in [1.29, 1.82) is 0 Å². The molecule has 0 unspecified atom stereocenters. The van der Waals surface area contributed by atoms with Crippen LogP contribution in [0.5, 0.6) is 0 Å². The average molecular weight is 191 g/mol. The summed E-state index contributed by atoms with van der Waals surface area (Å²) in [7, 11) is 0. The van der Waals surface area contributed by atoms with Crippen molar-refractivity contribution < 1.29 is 0 Å². The third-order valence-electron chi connectivity index (χ3n) is 2.17. The first-order valence-corrected chi connectivity index (χ1v) is 5.05. The highest BCUT2D eigenvalue weighted by atomic mass is 15.0. The number of hydrogen-bond donors (Lipinski definition) is 2. The molecule has 0 radical (unpaired) electrons. The molecule has 1 aromatic rings. The fourth-order valence-electron chi connectivity index (χ4n) is 1.68. The molecule has 0 spiro atoms. The summed E-state index contributed by atoms with van der Waals surface area (Å²) in [4.78, 5) is 4.37. The maximum atomic E-state index is 4.37. The summed E-state index contributed by atoms with van der Waals surface area (Å²) in [6, 6.07) is 2.19. The van der Waals surface area contributed by atoms with Crippen LogP contribution in [-0.2, 0) is 6.42 Å². The first kappa shape index (κ1) is 9.31. The zero-order chi connectivity index (χ0) is 10.2. The van der Waals surface area contributed by atoms with Crippen molar-refractivity contribution in [2.24, 2.45) is 0 Å². The summed E-state index contributed by atoms with van der Waals surface area (Å²) in [6.07, 6.45) is 2.98. The van der Waals surface area contributed by atoms with Gasteiger partial charge in [0.05, 0.1) is 11.9 Å². The van der Waals surface area contributed by atoms with Crippen molar-refractivity contribution in [3.63, 3.8) is 0 Å². The Labute approximate surface area is 84.9 Å². The molecule has 0 atom stereocenters. The number of nitrogens with zero attached hydrogens (tertiary/aromatic N) is 1. The summed E-state index contributed by atoms with van der Waals surface area (Å²) in [5.74, 6) is 1.05. The van der Waals surface area contributed by atoms with Gasteiger partial charge in [0.2, 0.25) is 0 Å². The van der Waals surface area contributed by atoms with Gasteiger partial charge in [-0.1, -0.05) is 0 Å². The maximum Gasteiger partial charge on any atom is 0.129 e. The Hall–Kier alpha value is -1.25. The molecular weight excluding hydrogens is 174 g/mol. The number of fused-ring (bicyclic) bond motifs is 1. The van der Waals surface area contributed by atoms with Crippen molar-refractivity contribution in [3.05, 3.63) is 17.8 Å². The summed E-state index contributed by atoms with van der Waals surface area (Å²) in [5, 5.41) is 6.67. The van der Waals surface area contributed by atoms with Crippen LogP contribution < -0.4 is 10.6 Å². The third kappa shape index (κ3) is 1.97. The molecule has 0 amide bonds. The molecule has 3 nitrogen and oxygen atoms in total. The lowest BCUT2D eigenvalue weighted by Crippen LogP contribution is -2.26. The van der Waals surface area contributed by atoms with Gasteiger partial charge in [0.25, 0.3) is 0 Å². The number of nitrogens with one attached hydrogen (secondary N) is 2. The van der Waals surface area contributed by atoms with E-state index < -0.39 is 0 Å². The fourth-order valence-corrected chi connectivity index (χ4v) is 1.68. The second kappa shape index (κ2) is 3.15. The molecule has 0 aliphatic carbocycles. The summed E-state index contributed by atoms with van der Waals surface area (Å²) >= 11 is 0. The summed E-state index contributed by atoms with van der Waals surface area (Å²) in [6.45, 7) is 7.47. The largest absolute Gasteiger partial charge is 0.379 e. The molecule has 1 aromatic heterocycles. The number of hydrogen-bond acceptors (Lipinski definition) is 3. The Kier molecular flexibility index (Phi) is 2.10. The minimum Gasteiger partial charge on any atom is -0.379 e. The molecule has 2 rings (SSSR count). The van der Waals surface area contributed by atoms with E-state index in [1.54, 1.807) is 0 Å². The van der Waals surface area contributed by atoms with E-state index >= 15 is 0 Å². The Morgan fingerprint density at radius 1 is 1.43 bits per heavy atom. The van der Waals surface area contributed by atoms with E-state index in [-0.39, 0.29) is 5.54 Å². The zero-order valence-corrected chi connectivity index (χ0v) is 9.02. The van der Waals surface area contributed by atoms with Gasteiger partial charge in [-0.3, -0.25) is 0 Å². The van der Waals surface area contributed by atoms with Crippen LogP contribution in [0.2, 0.25) is 0 Å². The molecule has 0 bridgehead atoms. The molecular formula is C11H17N3. The van der Waals surface area contributed by atoms with Crippen LogP contribution in [0.3, 0.4) is 0 Å². The first-order chi connectivity index (χ1) is 6.54. The highest BCUT2D eigenvalue weighted by Crippen LogP contribution is 2.23. The Morgan fingerprint density at radius 3 is 2.93 bits per heavy atom. The van der Waals surface area contributed by atoms with Crippen LogP contribution in [0.15, 0.2) is 12.3 Å². The second-order valence-corrected chi connectivity index (χ2v) is 4.78. The quantitative estimate of drug-likeness (QED) is 0.715. The number of rotatable bonds is 1. The van der Waals surface area contributed by atoms with Crippen molar-refractivity contribution in [2.75, 3.05) is 17.2 Å². The van der Waals surface area contributed by atoms with Gasteiger partial charge < -0.3 is 10.6 Å². The minimum atomic E-state index is 0.0992. The van der Waals surface area contributed by atoms with Gasteiger partial charge in [-0.2, -0.15) is 0 Å². The van der Waals surface area contributed by atoms with Crippen LogP contribution in [0.4, 0.5) is 11.5 Å². The van der Waals surface area contributed by atoms with Gasteiger partial charge in [-0.25, -0.2) is 4.98 Å². The lowest BCUT2D eigenvalue weighted by atomic mass is 10.1. The van der Waals surface area contributed by atoms with Crippen molar-refractivity contribution in [2.45, 2.75) is 32.7 Å². The van der Waals surface area contributed by atoms with Crippen LogP contribution >= 0.6 is 0 Å². The van der Waals surface area contributed by atoms with Gasteiger partial charge in [-0.05, 0) is 38.8 Å². The highest BCUT2D eigenvalue weighted by Gasteiger charge is 2.14. The van der Waals surface area contributed by atoms with E-state index in [9.17, 15) is 0 Å². The van der Waals surface area contributed by atoms with Crippen LogP contribution in [0, 0.1) is 0 Å². The Bertz CT molecular complexity index is 339. The molecule has 1 aliphatic heterocycles. The van der Waals surface area contributed by atoms with Gasteiger partial charge in [-0.15, -0.1) is 0 Å². The number of anilines is 2. The standard InChI is InChI=1S/C11H17N3/c1-11(2,3)14-9-6-8-4-5-12-10(8)13-7-9/h6-7,14H,4-5H2,1-3H3,(H,12,13). The lowest BCUT2D eigenvalue weighted by molar-refractivity contribution is 0.633. The number of pyridine rings is 1. The zero-order valence-electron chi connectivity index (χ0n) is 9.02. The molecule has 0 aromatic carbocycles. The van der Waals surface area contributed by atoms with Crippen molar-refractivity contribution in [3.8, 4) is 0 Å². The first-order valence-electron chi connectivity index (χ1n) is 5.05. The molecule has 1 aliphatic rings. The predicted octanol–water partition coefficient (Wildman–Crippen LogP) is 2.26. The predicted molar refractivity (Wildman–Crippen MR) is 59.8 cm³/mol. The van der Waals surface area contributed by atoms with Gasteiger partial charge in [0, 0.05) is 12.1 Å². The molecule has 3 heteroatoms. The van der Waals surface area contributed by atoms with E-state index in [2.05, 4.69) is 42.5 Å². The second-order valence-electron chi connectivity index (χ2n) is 4.78. The topological polar surface area (TPSA) is 37.0 Å². The molecule has 76 valence electrons. The van der Waals surface area contributed by atoms with Gasteiger partial charge >= 0.3 is 0 Å². The Balaban J connectivity index is 2.21. The summed E-state index contributed by atoms with van der Waals surface area (Å²) < 4.78 is 0. The van der Waals surface area contributed by atoms with E-state index in [0.717, 1.165) is 24.5 Å². The van der Waals surface area contributed by atoms with E-state index in [1.807, 2.05) is 6.20 Å². The molecule has 14 heavy (non-hydrogen) atoms. The average Bonchev–Trinajstić information content (AvgIpc) is 2.47. The molecule has 2 heterocycles. The van der Waals surface area contributed by atoms with E-state index in [0.29, 0.717) is 0 Å². The van der Waals surface area contributed by atoms with E-state index in [4.69, 9.17) is 0 Å².